The van der Waals surface area contributed by atoms with Gasteiger partial charge in [0, 0.05) is 51.6 Å². The highest BCUT2D eigenvalue weighted by atomic mass is 16.5. The van der Waals surface area contributed by atoms with E-state index in [1.54, 1.807) is 0 Å². The summed E-state index contributed by atoms with van der Waals surface area (Å²) < 4.78 is 22.2. The number of ether oxygens (including phenoxy) is 4. The normalized spacial score (nSPS) is 12.9. The molecule has 0 bridgehead atoms. The van der Waals surface area contributed by atoms with Gasteiger partial charge in [-0.05, 0) is 103 Å². The lowest BCUT2D eigenvalue weighted by molar-refractivity contribution is -0.150. The van der Waals surface area contributed by atoms with Crippen molar-refractivity contribution in [1.29, 1.82) is 0 Å². The van der Waals surface area contributed by atoms with Crippen LogP contribution < -0.4 is 54.8 Å². The number of unbranched alkanes of at least 4 members (excludes halogenated alkanes) is 54. The van der Waals surface area contributed by atoms with Gasteiger partial charge in [0.2, 0.25) is 35.4 Å². The van der Waals surface area contributed by atoms with Crippen molar-refractivity contribution in [2.75, 3.05) is 39.5 Å². The van der Waals surface area contributed by atoms with E-state index in [-0.39, 0.29) is 129 Å². The number of nitrogens with two attached hydrogens (primary N) is 4. The van der Waals surface area contributed by atoms with Crippen LogP contribution in [-0.4, -0.2) is 191 Å². The van der Waals surface area contributed by atoms with Crippen molar-refractivity contribution in [1.82, 2.24) is 31.9 Å². The van der Waals surface area contributed by atoms with E-state index in [1.807, 2.05) is 0 Å². The van der Waals surface area contributed by atoms with Crippen LogP contribution in [0.25, 0.3) is 0 Å². The zero-order valence-corrected chi connectivity index (χ0v) is 86.6. The summed E-state index contributed by atoms with van der Waals surface area (Å²) in [6, 6.07) is -9.27. The van der Waals surface area contributed by atoms with E-state index in [9.17, 15) is 67.1 Å². The van der Waals surface area contributed by atoms with E-state index in [0.29, 0.717) is 38.5 Å². The number of amides is 6. The standard InChI is InChI=1S/C57H107N5O11.C49H91N5O11/c1-3-5-7-9-11-13-15-17-19-21-23-25-27-29-31-35-45-72-53(67)43-40-50(57(71)73-46-36-32-30-28-26-24-22-20-18-16-14-12-10-8-6-4-2)62-56(70)49(61-55(69)48(59)39-42-52(65)66)37-33-34-44-60-54(68)47(58)38-41-51(63)64;1-3-5-7-9-11-13-15-17-19-21-23-27-37-64-45(59)35-32-42(49(63)65-38-28-24-22-20-18-16-14-12-10-8-6-4-2)54-48(62)41(53-47(61)40(51)31-34-44(57)58)29-25-26-36-52-46(60)39(50)30-33-43(55)56/h47-50H,3-46,58-59H2,1-2H3,(H,60,68)(H,61,69)(H,62,70)(H,63,64)(H,65,66);39-42H,3-38,50-51H2,1-2H3,(H,52,60)(H,53,61)(H,54,62)(H,55,56)(H,57,58). The average Bonchev–Trinajstić information content (AvgIpc) is 0.877. The molecule has 0 heterocycles. The zero-order valence-electron chi connectivity index (χ0n) is 86.6. The van der Waals surface area contributed by atoms with Crippen LogP contribution in [0.1, 0.15) is 503 Å². The summed E-state index contributed by atoms with van der Waals surface area (Å²) in [4.78, 5) is 175. The van der Waals surface area contributed by atoms with Gasteiger partial charge >= 0.3 is 47.8 Å². The Morgan fingerprint density at radius 3 is 0.601 bits per heavy atom. The van der Waals surface area contributed by atoms with Gasteiger partial charge in [-0.1, -0.05) is 362 Å². The molecule has 138 heavy (non-hydrogen) atoms. The van der Waals surface area contributed by atoms with Gasteiger partial charge in [-0.25, -0.2) is 9.59 Å². The Hall–Kier alpha value is -7.58. The molecule has 0 aromatic rings. The molecule has 6 amide bonds. The summed E-state index contributed by atoms with van der Waals surface area (Å²) >= 11 is 0. The van der Waals surface area contributed by atoms with Crippen LogP contribution in [0.5, 0.6) is 0 Å². The zero-order chi connectivity index (χ0) is 102. The van der Waals surface area contributed by atoms with E-state index in [1.165, 1.54) is 257 Å². The van der Waals surface area contributed by atoms with Crippen molar-refractivity contribution < 1.29 is 106 Å². The van der Waals surface area contributed by atoms with Crippen LogP contribution in [0.3, 0.4) is 0 Å². The third kappa shape index (κ3) is 87.4. The van der Waals surface area contributed by atoms with Gasteiger partial charge in [-0.2, -0.15) is 0 Å². The van der Waals surface area contributed by atoms with E-state index < -0.39 is 132 Å². The van der Waals surface area contributed by atoms with Crippen LogP contribution >= 0.6 is 0 Å². The first-order chi connectivity index (χ1) is 66.6. The molecule has 18 N–H and O–H groups in total. The predicted molar refractivity (Wildman–Crippen MR) is 544 cm³/mol. The van der Waals surface area contributed by atoms with Gasteiger partial charge < -0.3 is 94.2 Å². The molecule has 0 saturated heterocycles. The number of carbonyl (C=O) groups is 14. The predicted octanol–water partition coefficient (Wildman–Crippen LogP) is 18.9. The second-order valence-electron chi connectivity index (χ2n) is 38.2. The Bertz CT molecular complexity index is 3100. The minimum atomic E-state index is -1.22. The lowest BCUT2D eigenvalue weighted by atomic mass is 10.0. The molecule has 0 saturated carbocycles. The molecule has 32 heteroatoms. The number of nitrogens with one attached hydrogen (secondary N) is 6. The van der Waals surface area contributed by atoms with Crippen LogP contribution in [0.2, 0.25) is 0 Å². The molecule has 8 unspecified atom stereocenters. The molecule has 0 fully saturated rings. The number of rotatable bonds is 100. The molecular weight excluding hydrogens is 1770 g/mol. The fraction of sp³-hybridized carbons (Fsp3) is 0.868. The Kier molecular flexibility index (Phi) is 93.0. The topological polar surface area (TPSA) is 533 Å². The van der Waals surface area contributed by atoms with Crippen LogP contribution in [-0.2, 0) is 86.1 Å². The maximum atomic E-state index is 13.9. The summed E-state index contributed by atoms with van der Waals surface area (Å²) in [5.41, 5.74) is 23.5. The van der Waals surface area contributed by atoms with Crippen LogP contribution in [0.4, 0.5) is 0 Å². The molecule has 0 aliphatic carbocycles. The first-order valence-electron chi connectivity index (χ1n) is 54.9. The van der Waals surface area contributed by atoms with Crippen molar-refractivity contribution >= 4 is 83.2 Å². The molecule has 0 rings (SSSR count). The highest BCUT2D eigenvalue weighted by Gasteiger charge is 2.33. The molecule has 32 nitrogen and oxygen atoms in total. The monoisotopic (exact) mass is 1960 g/mol. The number of carboxylic acid groups (broad SMARTS) is 4. The number of carboxylic acids is 4. The molecule has 8 atom stereocenters. The number of esters is 4. The van der Waals surface area contributed by atoms with Crippen molar-refractivity contribution in [2.45, 2.75) is 551 Å². The maximum absolute atomic E-state index is 13.9. The molecule has 0 aromatic heterocycles. The first kappa shape index (κ1) is 132. The van der Waals surface area contributed by atoms with E-state index >= 15 is 0 Å². The van der Waals surface area contributed by atoms with Crippen molar-refractivity contribution in [2.24, 2.45) is 22.9 Å². The minimum absolute atomic E-state index is 0.0298. The fourth-order valence-corrected chi connectivity index (χ4v) is 16.2. The molecule has 0 radical (unpaired) electrons. The van der Waals surface area contributed by atoms with Gasteiger partial charge in [0.05, 0.1) is 50.6 Å². The summed E-state index contributed by atoms with van der Waals surface area (Å²) in [6.07, 6.45) is 66.5. The number of hydrogen-bond acceptors (Lipinski definition) is 22. The van der Waals surface area contributed by atoms with Gasteiger partial charge in [0.1, 0.15) is 24.2 Å². The van der Waals surface area contributed by atoms with Crippen molar-refractivity contribution in [3.8, 4) is 0 Å². The van der Waals surface area contributed by atoms with Crippen molar-refractivity contribution in [3.63, 3.8) is 0 Å². The number of aliphatic carboxylic acids is 4. The third-order valence-electron chi connectivity index (χ3n) is 25.2. The minimum Gasteiger partial charge on any atom is -0.481 e. The van der Waals surface area contributed by atoms with Gasteiger partial charge in [-0.3, -0.25) is 57.5 Å². The molecule has 0 aliphatic heterocycles. The van der Waals surface area contributed by atoms with E-state index in [0.717, 1.165) is 89.9 Å². The fourth-order valence-electron chi connectivity index (χ4n) is 16.2. The Morgan fingerprint density at radius 2 is 0.391 bits per heavy atom. The largest absolute Gasteiger partial charge is 0.481 e. The second-order valence-corrected chi connectivity index (χ2v) is 38.2. The SMILES string of the molecule is CCCCCCCCCCCCCCCCCCOC(=O)CCC(NC(=O)C(CCCCNC(=O)C(N)CCC(=O)O)NC(=O)C(N)CCC(=O)O)C(=O)OCCCCCCCCCCCCCCCCCC.CCCCCCCCCCCCCCOC(=O)CCC(NC(=O)C(CCCCNC(=O)C(N)CCC(=O)O)NC(=O)C(N)CCC(=O)O)C(=O)OCCCCCCCCCCCCCC. The van der Waals surface area contributed by atoms with Gasteiger partial charge in [-0.15, -0.1) is 0 Å². The molecule has 0 aromatic carbocycles. The molecule has 804 valence electrons. The summed E-state index contributed by atoms with van der Waals surface area (Å²) in [5.74, 6) is -10.8. The van der Waals surface area contributed by atoms with E-state index in [2.05, 4.69) is 59.6 Å². The molecule has 0 aliphatic rings. The summed E-state index contributed by atoms with van der Waals surface area (Å²) in [7, 11) is 0. The summed E-state index contributed by atoms with van der Waals surface area (Å²) in [6.45, 7) is 10.1. The van der Waals surface area contributed by atoms with Gasteiger partial charge in [0.15, 0.2) is 0 Å². The molecular formula is C106H198N10O22. The number of hydrogen-bond donors (Lipinski definition) is 14. The Morgan fingerprint density at radius 1 is 0.203 bits per heavy atom. The van der Waals surface area contributed by atoms with Crippen LogP contribution in [0.15, 0.2) is 0 Å². The number of carbonyl (C=O) groups excluding carboxylic acids is 10. The average molecular weight is 1960 g/mol. The Labute approximate surface area is 831 Å². The first-order valence-corrected chi connectivity index (χ1v) is 54.9. The van der Waals surface area contributed by atoms with E-state index in [4.69, 9.17) is 62.3 Å². The van der Waals surface area contributed by atoms with Crippen LogP contribution in [0, 0.1) is 0 Å². The quantitative estimate of drug-likeness (QED) is 0.0153. The lowest BCUT2D eigenvalue weighted by Crippen LogP contribution is -2.54. The lowest BCUT2D eigenvalue weighted by Gasteiger charge is -2.24. The van der Waals surface area contributed by atoms with Crippen molar-refractivity contribution in [3.05, 3.63) is 0 Å². The smallest absolute Gasteiger partial charge is 0.328 e. The molecule has 0 spiro atoms. The highest BCUT2D eigenvalue weighted by molar-refractivity contribution is 5.93. The summed E-state index contributed by atoms with van der Waals surface area (Å²) in [5, 5.41) is 51.8. The maximum Gasteiger partial charge on any atom is 0.328 e. The second kappa shape index (κ2) is 96.9. The highest BCUT2D eigenvalue weighted by Crippen LogP contribution is 2.21. The Balaban J connectivity index is 0. The van der Waals surface area contributed by atoms with Gasteiger partial charge in [0.25, 0.3) is 0 Å². The third-order valence-corrected chi connectivity index (χ3v) is 25.2.